The number of hydrogen-bond donors (Lipinski definition) is 2. The van der Waals surface area contributed by atoms with Crippen LogP contribution in [0.25, 0.3) is 6.08 Å². The molecule has 9 heteroatoms. The molecule has 2 amide bonds. The molecule has 3 rings (SSSR count). The summed E-state index contributed by atoms with van der Waals surface area (Å²) in [7, 11) is 0. The molecule has 1 aliphatic rings. The normalized spacial score (nSPS) is 16.6. The molecule has 1 heterocycles. The topological polar surface area (TPSA) is 95.9 Å². The van der Waals surface area contributed by atoms with Gasteiger partial charge in [0.2, 0.25) is 0 Å². The number of carboxylic acid groups (broad SMARTS) is 1. The maximum Gasteiger partial charge on any atom is 0.344 e. The molecule has 2 aromatic rings. The fourth-order valence-electron chi connectivity index (χ4n) is 2.57. The third-order valence-electron chi connectivity index (χ3n) is 4.02. The molecule has 0 aliphatic carbocycles. The summed E-state index contributed by atoms with van der Waals surface area (Å²) in [5, 5.41) is 11.4. The first-order valence-electron chi connectivity index (χ1n) is 8.43. The molecule has 29 heavy (non-hydrogen) atoms. The zero-order valence-electron chi connectivity index (χ0n) is 15.1. The second-order valence-electron chi connectivity index (χ2n) is 6.11. The number of benzene rings is 2. The lowest BCUT2D eigenvalue weighted by Gasteiger charge is -2.29. The third-order valence-corrected chi connectivity index (χ3v) is 4.80. The largest absolute Gasteiger partial charge is 0.479 e. The smallest absolute Gasteiger partial charge is 0.344 e. The van der Waals surface area contributed by atoms with E-state index in [1.807, 2.05) is 6.07 Å². The molecule has 1 fully saturated rings. The monoisotopic (exact) mass is 474 g/mol. The summed E-state index contributed by atoms with van der Waals surface area (Å²) in [5.41, 5.74) is 1.01. The average Bonchev–Trinajstić information content (AvgIpc) is 2.66. The Balaban J connectivity index is 1.87. The lowest BCUT2D eigenvalue weighted by atomic mass is 10.1. The number of aliphatic carboxylic acids is 1. The van der Waals surface area contributed by atoms with Crippen molar-refractivity contribution in [2.45, 2.75) is 13.0 Å². The van der Waals surface area contributed by atoms with Gasteiger partial charge in [-0.15, -0.1) is 0 Å². The van der Waals surface area contributed by atoms with Gasteiger partial charge in [-0.3, -0.25) is 19.8 Å². The number of ether oxygens (including phenoxy) is 1. The Bertz CT molecular complexity index is 1040. The van der Waals surface area contributed by atoms with Crippen LogP contribution < -0.4 is 15.0 Å². The van der Waals surface area contributed by atoms with E-state index in [0.717, 1.165) is 4.47 Å². The van der Waals surface area contributed by atoms with Crippen molar-refractivity contribution in [1.82, 2.24) is 5.32 Å². The average molecular weight is 475 g/mol. The van der Waals surface area contributed by atoms with Crippen molar-refractivity contribution in [2.24, 2.45) is 0 Å². The lowest BCUT2D eigenvalue weighted by molar-refractivity contribution is -0.144. The van der Waals surface area contributed by atoms with Crippen LogP contribution in [-0.4, -0.2) is 34.1 Å². The minimum Gasteiger partial charge on any atom is -0.479 e. The molecule has 0 aromatic heterocycles. The van der Waals surface area contributed by atoms with Gasteiger partial charge in [-0.2, -0.15) is 0 Å². The Morgan fingerprint density at radius 3 is 2.55 bits per heavy atom. The van der Waals surface area contributed by atoms with E-state index < -0.39 is 23.9 Å². The van der Waals surface area contributed by atoms with E-state index in [0.29, 0.717) is 17.0 Å². The maximum atomic E-state index is 13.0. The summed E-state index contributed by atoms with van der Waals surface area (Å²) < 4.78 is 6.03. The summed E-state index contributed by atoms with van der Waals surface area (Å²) in [6.45, 7) is 1.42. The number of rotatable bonds is 5. The van der Waals surface area contributed by atoms with E-state index in [-0.39, 0.29) is 10.7 Å². The van der Waals surface area contributed by atoms with Crippen LogP contribution in [0.5, 0.6) is 5.75 Å². The number of nitrogens with zero attached hydrogens (tertiary/aromatic N) is 1. The van der Waals surface area contributed by atoms with Crippen LogP contribution in [0.1, 0.15) is 12.5 Å². The van der Waals surface area contributed by atoms with Gasteiger partial charge in [0.1, 0.15) is 11.3 Å². The first-order valence-corrected chi connectivity index (χ1v) is 9.63. The Hall–Kier alpha value is -3.04. The Kier molecular flexibility index (Phi) is 6.09. The van der Waals surface area contributed by atoms with Crippen molar-refractivity contribution in [3.63, 3.8) is 0 Å². The van der Waals surface area contributed by atoms with Crippen LogP contribution in [0.15, 0.2) is 58.6 Å². The molecule has 0 spiro atoms. The number of carbonyl (C=O) groups is 3. The predicted octanol–water partition coefficient (Wildman–Crippen LogP) is 3.13. The molecule has 1 saturated heterocycles. The molecule has 1 atom stereocenters. The molecule has 148 valence electrons. The van der Waals surface area contributed by atoms with Crippen LogP contribution in [0.4, 0.5) is 5.69 Å². The van der Waals surface area contributed by atoms with Crippen molar-refractivity contribution < 1.29 is 24.2 Å². The first kappa shape index (κ1) is 20.7. The highest BCUT2D eigenvalue weighted by Gasteiger charge is 2.34. The van der Waals surface area contributed by atoms with Gasteiger partial charge in [0.05, 0.1) is 5.69 Å². The molecule has 0 radical (unpaired) electrons. The SMILES string of the molecule is C[C@@H](Oc1ccc(/C=C2/C(=O)NC(=S)N(c3cccc(Br)c3)C2=O)cc1)C(=O)O. The van der Waals surface area contributed by atoms with Crippen LogP contribution in [0.3, 0.4) is 0 Å². The molecule has 1 aliphatic heterocycles. The van der Waals surface area contributed by atoms with E-state index in [4.69, 9.17) is 22.1 Å². The quantitative estimate of drug-likeness (QED) is 0.392. The fourth-order valence-corrected chi connectivity index (χ4v) is 3.24. The van der Waals surface area contributed by atoms with Crippen LogP contribution >= 0.6 is 28.1 Å². The van der Waals surface area contributed by atoms with Gasteiger partial charge < -0.3 is 9.84 Å². The lowest BCUT2D eigenvalue weighted by Crippen LogP contribution is -2.54. The number of amides is 2. The summed E-state index contributed by atoms with van der Waals surface area (Å²) in [5.74, 6) is -1.86. The van der Waals surface area contributed by atoms with Crippen molar-refractivity contribution in [1.29, 1.82) is 0 Å². The Morgan fingerprint density at radius 2 is 1.93 bits per heavy atom. The van der Waals surface area contributed by atoms with Gasteiger partial charge in [-0.25, -0.2) is 4.79 Å². The van der Waals surface area contributed by atoms with Crippen molar-refractivity contribution in [3.8, 4) is 5.75 Å². The molecule has 2 aromatic carbocycles. The van der Waals surface area contributed by atoms with E-state index >= 15 is 0 Å². The van der Waals surface area contributed by atoms with Crippen molar-refractivity contribution >= 4 is 62.8 Å². The van der Waals surface area contributed by atoms with Crippen molar-refractivity contribution in [3.05, 3.63) is 64.1 Å². The molecular weight excluding hydrogens is 460 g/mol. The number of nitrogens with one attached hydrogen (secondary N) is 1. The molecule has 0 saturated carbocycles. The standard InChI is InChI=1S/C20H15BrN2O5S/c1-11(19(26)27)28-15-7-5-12(6-8-15)9-16-17(24)22-20(29)23(18(16)25)14-4-2-3-13(21)10-14/h2-11H,1H3,(H,26,27)(H,22,24,29)/b16-9-/t11-/m1/s1. The van der Waals surface area contributed by atoms with Crippen LogP contribution in [0, 0.1) is 0 Å². The van der Waals surface area contributed by atoms with Gasteiger partial charge in [-0.05, 0) is 61.1 Å². The van der Waals surface area contributed by atoms with Crippen molar-refractivity contribution in [2.75, 3.05) is 4.90 Å². The predicted molar refractivity (Wildman–Crippen MR) is 115 cm³/mol. The zero-order valence-corrected chi connectivity index (χ0v) is 17.5. The minimum atomic E-state index is -1.08. The summed E-state index contributed by atoms with van der Waals surface area (Å²) >= 11 is 8.52. The van der Waals surface area contributed by atoms with Gasteiger partial charge in [0.25, 0.3) is 11.8 Å². The van der Waals surface area contributed by atoms with E-state index in [1.54, 1.807) is 42.5 Å². The summed E-state index contributed by atoms with van der Waals surface area (Å²) in [4.78, 5) is 37.4. The Morgan fingerprint density at radius 1 is 1.24 bits per heavy atom. The van der Waals surface area contributed by atoms with Crippen LogP contribution in [-0.2, 0) is 14.4 Å². The summed E-state index contributed by atoms with van der Waals surface area (Å²) in [6, 6.07) is 13.4. The first-order chi connectivity index (χ1) is 13.8. The number of halogens is 1. The Labute approximate surface area is 180 Å². The highest BCUT2D eigenvalue weighted by Crippen LogP contribution is 2.25. The number of hydrogen-bond acceptors (Lipinski definition) is 5. The fraction of sp³-hybridized carbons (Fsp3) is 0.100. The molecule has 0 unspecified atom stereocenters. The number of anilines is 1. The van der Waals surface area contributed by atoms with Gasteiger partial charge in [0.15, 0.2) is 11.2 Å². The van der Waals surface area contributed by atoms with E-state index in [1.165, 1.54) is 17.9 Å². The van der Waals surface area contributed by atoms with Crippen LogP contribution in [0.2, 0.25) is 0 Å². The number of carboxylic acids is 1. The van der Waals surface area contributed by atoms with Gasteiger partial charge in [-0.1, -0.05) is 34.1 Å². The minimum absolute atomic E-state index is 0.00153. The number of thiocarbonyl (C=S) groups is 1. The summed E-state index contributed by atoms with van der Waals surface area (Å²) in [6.07, 6.45) is 0.444. The maximum absolute atomic E-state index is 13.0. The molecule has 2 N–H and O–H groups in total. The molecule has 0 bridgehead atoms. The van der Waals surface area contributed by atoms with Gasteiger partial charge >= 0.3 is 5.97 Å². The zero-order chi connectivity index (χ0) is 21.1. The molecular formula is C20H15BrN2O5S. The third kappa shape index (κ3) is 4.69. The second kappa shape index (κ2) is 8.54. The number of carbonyl (C=O) groups excluding carboxylic acids is 2. The second-order valence-corrected chi connectivity index (χ2v) is 7.41. The highest BCUT2D eigenvalue weighted by molar-refractivity contribution is 9.10. The van der Waals surface area contributed by atoms with Gasteiger partial charge in [0, 0.05) is 4.47 Å². The van der Waals surface area contributed by atoms with E-state index in [2.05, 4.69) is 21.2 Å². The highest BCUT2D eigenvalue weighted by atomic mass is 79.9. The van der Waals surface area contributed by atoms with E-state index in [9.17, 15) is 14.4 Å². The molecule has 7 nitrogen and oxygen atoms in total.